The van der Waals surface area contributed by atoms with Crippen LogP contribution in [0.1, 0.15) is 28.2 Å². The van der Waals surface area contributed by atoms with Gasteiger partial charge in [-0.2, -0.15) is 17.7 Å². The number of nitrogens with one attached hydrogen (secondary N) is 1. The number of thiol groups is 1. The molecule has 162 valence electrons. The zero-order chi connectivity index (χ0) is 21.2. The zero-order valence-corrected chi connectivity index (χ0v) is 20.4. The number of nitrogens with zero attached hydrogens (tertiary/aromatic N) is 4. The zero-order valence-electron chi connectivity index (χ0n) is 16.6. The van der Waals surface area contributed by atoms with Crippen molar-refractivity contribution < 1.29 is 45.2 Å². The van der Waals surface area contributed by atoms with Crippen LogP contribution in [0, 0.1) is 6.20 Å². The van der Waals surface area contributed by atoms with Crippen molar-refractivity contribution in [2.45, 2.75) is 18.9 Å². The molecule has 0 aromatic carbocycles. The van der Waals surface area contributed by atoms with E-state index in [0.717, 1.165) is 6.42 Å². The molecule has 0 radical (unpaired) electrons. The average Bonchev–Trinajstić information content (AvgIpc) is 3.20. The Hall–Kier alpha value is -1.97. The van der Waals surface area contributed by atoms with Crippen LogP contribution in [0.15, 0.2) is 16.9 Å². The number of carbonyl (C=O) groups excluding carboxylic acids is 1. The maximum absolute atomic E-state index is 12.7. The molecular weight excluding hydrogens is 582 g/mol. The van der Waals surface area contributed by atoms with Gasteiger partial charge in [0.05, 0.1) is 19.8 Å². The average molecular weight is 605 g/mol. The van der Waals surface area contributed by atoms with Gasteiger partial charge in [-0.15, -0.1) is 10.7 Å². The number of likely N-dealkylation sites (tertiary alicyclic amines) is 1. The number of amides is 1. The van der Waals surface area contributed by atoms with Crippen LogP contribution in [0.5, 0.6) is 0 Å². The minimum Gasteiger partial charge on any atom is -0.570 e. The number of aliphatic imine (C=N–C) groups is 1. The van der Waals surface area contributed by atoms with Crippen LogP contribution in [0.2, 0.25) is 0 Å². The fourth-order valence-electron chi connectivity index (χ4n) is 2.63. The van der Waals surface area contributed by atoms with Crippen LogP contribution in [-0.2, 0) is 41.8 Å². The Labute approximate surface area is 194 Å². The number of carboxylic acid groups (broad SMARTS) is 1. The van der Waals surface area contributed by atoms with E-state index in [1.165, 1.54) is 7.11 Å². The van der Waals surface area contributed by atoms with Crippen LogP contribution in [0.25, 0.3) is 0 Å². The largest absolute Gasteiger partial charge is 2.00 e. The number of hydrogen-bond acceptors (Lipinski definition) is 9. The summed E-state index contributed by atoms with van der Waals surface area (Å²) in [4.78, 5) is 28.8. The van der Waals surface area contributed by atoms with E-state index in [0.29, 0.717) is 36.5 Å². The summed E-state index contributed by atoms with van der Waals surface area (Å²) >= 11 is 4.24. The molecule has 1 fully saturated rings. The number of methoxy groups -OCH3 is 2. The predicted molar refractivity (Wildman–Crippen MR) is 107 cm³/mol. The molecule has 1 aliphatic heterocycles. The van der Waals surface area contributed by atoms with Gasteiger partial charge < -0.3 is 36.0 Å². The number of aromatic nitrogens is 2. The number of aryl methyl sites for hydroxylation is 1. The van der Waals surface area contributed by atoms with E-state index in [1.54, 1.807) is 18.1 Å². The summed E-state index contributed by atoms with van der Waals surface area (Å²) in [6.07, 6.45) is 6.55. The Balaban J connectivity index is 0.00000450. The summed E-state index contributed by atoms with van der Waals surface area (Å²) in [6.45, 7) is 0.803. The molecule has 0 spiro atoms. The fraction of sp³-hybridized carbons (Fsp3) is 0.500. The molecule has 2 rings (SSSR count). The van der Waals surface area contributed by atoms with Gasteiger partial charge in [-0.25, -0.2) is 0 Å². The first-order valence-corrected chi connectivity index (χ1v) is 9.49. The SMILES string of the molecule is COC(=[C-]NCC(=O)O)N=[C-]c1nnc(C(=O)N2CCC(OC)C2)cc1CCS.[W+2]. The minimum atomic E-state index is -1.04. The molecule has 1 aromatic heterocycles. The molecule has 1 aromatic rings. The number of rotatable bonds is 10. The second-order valence-electron chi connectivity index (χ2n) is 6.08. The Morgan fingerprint density at radius 1 is 1.43 bits per heavy atom. The van der Waals surface area contributed by atoms with E-state index in [1.807, 2.05) is 0 Å². The molecule has 0 aliphatic carbocycles. The van der Waals surface area contributed by atoms with Crippen molar-refractivity contribution in [3.8, 4) is 0 Å². The van der Waals surface area contributed by atoms with E-state index < -0.39 is 5.97 Å². The first-order chi connectivity index (χ1) is 14.0. The molecule has 12 heteroatoms. The van der Waals surface area contributed by atoms with Crippen molar-refractivity contribution in [3.63, 3.8) is 0 Å². The summed E-state index contributed by atoms with van der Waals surface area (Å²) < 4.78 is 10.3. The van der Waals surface area contributed by atoms with Gasteiger partial charge in [0.1, 0.15) is 5.69 Å². The van der Waals surface area contributed by atoms with Crippen molar-refractivity contribution in [2.75, 3.05) is 39.6 Å². The van der Waals surface area contributed by atoms with Crippen molar-refractivity contribution >= 4 is 30.7 Å². The van der Waals surface area contributed by atoms with Crippen molar-refractivity contribution in [2.24, 2.45) is 4.99 Å². The van der Waals surface area contributed by atoms with Gasteiger partial charge in [-0.1, -0.05) is 24.6 Å². The maximum atomic E-state index is 12.7. The number of carbonyl (C=O) groups is 2. The fourth-order valence-corrected chi connectivity index (χ4v) is 2.87. The molecule has 1 aliphatic rings. The molecule has 2 heterocycles. The van der Waals surface area contributed by atoms with E-state index in [4.69, 9.17) is 14.6 Å². The molecule has 0 saturated carbocycles. The van der Waals surface area contributed by atoms with E-state index >= 15 is 0 Å². The minimum absolute atomic E-state index is 0. The molecule has 30 heavy (non-hydrogen) atoms. The third-order valence-corrected chi connectivity index (χ3v) is 4.35. The number of ether oxygens (including phenoxy) is 2. The van der Waals surface area contributed by atoms with Crippen molar-refractivity contribution in [3.05, 3.63) is 35.1 Å². The molecule has 1 atom stereocenters. The van der Waals surface area contributed by atoms with E-state index in [-0.39, 0.29) is 51.2 Å². The molecular formula is C18H23N5O5SW. The van der Waals surface area contributed by atoms with Gasteiger partial charge in [0.15, 0.2) is 0 Å². The molecule has 1 amide bonds. The quantitative estimate of drug-likeness (QED) is 0.112. The predicted octanol–water partition coefficient (Wildman–Crippen LogP) is 0.0259. The van der Waals surface area contributed by atoms with Gasteiger partial charge in [0, 0.05) is 20.2 Å². The summed E-state index contributed by atoms with van der Waals surface area (Å²) in [5.74, 6) is -0.724. The van der Waals surface area contributed by atoms with E-state index in [9.17, 15) is 9.59 Å². The standard InChI is InChI=1S/C18H23N5O5S.W/c1-27-13-3-5-23(11-13)18(26)14-7-12(4-6-29)15(22-21-14)8-20-16(28-2)9-19-10-17(24)25;/h7,13,19,29H,3-6,10-11H2,1-2H3,(H,24,25);/q-2;+2. The van der Waals surface area contributed by atoms with Crippen molar-refractivity contribution in [1.82, 2.24) is 20.4 Å². The van der Waals surface area contributed by atoms with Crippen LogP contribution >= 0.6 is 12.6 Å². The Morgan fingerprint density at radius 2 is 2.20 bits per heavy atom. The Kier molecular flexibility index (Phi) is 11.6. The molecule has 1 unspecified atom stereocenters. The molecule has 10 nitrogen and oxygen atoms in total. The van der Waals surface area contributed by atoms with Crippen molar-refractivity contribution in [1.29, 1.82) is 0 Å². The number of carboxylic acids is 1. The molecule has 0 bridgehead atoms. The second kappa shape index (κ2) is 13.4. The van der Waals surface area contributed by atoms with Crippen LogP contribution < -0.4 is 5.32 Å². The van der Waals surface area contributed by atoms with Gasteiger partial charge in [-0.05, 0) is 17.9 Å². The summed E-state index contributed by atoms with van der Waals surface area (Å²) in [6, 6.07) is 1.66. The smallest absolute Gasteiger partial charge is 0.570 e. The monoisotopic (exact) mass is 605 g/mol. The first kappa shape index (κ1) is 26.1. The Bertz CT molecular complexity index is 792. The summed E-state index contributed by atoms with van der Waals surface area (Å²) in [7, 11) is 2.99. The number of hydrogen-bond donors (Lipinski definition) is 3. The van der Waals surface area contributed by atoms with Gasteiger partial charge in [0.2, 0.25) is 0 Å². The second-order valence-corrected chi connectivity index (χ2v) is 6.53. The normalized spacial score (nSPS) is 16.4. The Morgan fingerprint density at radius 3 is 2.80 bits per heavy atom. The molecule has 1 saturated heterocycles. The van der Waals surface area contributed by atoms with E-state index in [2.05, 4.69) is 45.5 Å². The summed E-state index contributed by atoms with van der Waals surface area (Å²) in [5.41, 5.74) is 1.28. The maximum Gasteiger partial charge on any atom is 2.00 e. The van der Waals surface area contributed by atoms with Crippen LogP contribution in [0.4, 0.5) is 0 Å². The van der Waals surface area contributed by atoms with Crippen LogP contribution in [0.3, 0.4) is 0 Å². The molecule has 2 N–H and O–H groups in total. The summed E-state index contributed by atoms with van der Waals surface area (Å²) in [5, 5.41) is 19.1. The topological polar surface area (TPSA) is 126 Å². The van der Waals surface area contributed by atoms with Gasteiger partial charge in [-0.3, -0.25) is 9.59 Å². The number of aliphatic carboxylic acids is 1. The third-order valence-electron chi connectivity index (χ3n) is 4.13. The van der Waals surface area contributed by atoms with Gasteiger partial charge in [0.25, 0.3) is 5.91 Å². The third kappa shape index (κ3) is 7.70. The van der Waals surface area contributed by atoms with Gasteiger partial charge >= 0.3 is 27.0 Å². The first-order valence-electron chi connectivity index (χ1n) is 8.86. The van der Waals surface area contributed by atoms with Crippen LogP contribution in [-0.4, -0.2) is 84.0 Å².